The van der Waals surface area contributed by atoms with Gasteiger partial charge in [-0.15, -0.1) is 0 Å². The van der Waals surface area contributed by atoms with Crippen molar-refractivity contribution in [3.05, 3.63) is 69.7 Å². The van der Waals surface area contributed by atoms with Crippen LogP contribution < -0.4 is 0 Å². The summed E-state index contributed by atoms with van der Waals surface area (Å²) < 4.78 is 14.7. The number of ketones is 1. The van der Waals surface area contributed by atoms with Crippen LogP contribution in [-0.4, -0.2) is 45.9 Å². The normalized spacial score (nSPS) is 18.9. The minimum atomic E-state index is -1.49. The first kappa shape index (κ1) is 22.2. The number of Topliss-reactive ketones (excluding diaryl/α,β-unsaturated/α-hetero) is 1. The van der Waals surface area contributed by atoms with Gasteiger partial charge in [-0.3, -0.25) is 9.69 Å². The van der Waals surface area contributed by atoms with Gasteiger partial charge in [-0.05, 0) is 36.1 Å². The van der Waals surface area contributed by atoms with Crippen LogP contribution in [0.25, 0.3) is 0 Å². The standard InChI is InChI=1S/C22H24Cl2FNO3/c23-17-7-6-15(12-18(17)24)14-22(29)8-10-26(11-9-22)20(25)13-19(27)21(28)16-4-2-1-3-5-16/h1-7,12,20-21,28-29H,8-11,13-14H2. The number of aliphatic hydroxyl groups is 2. The molecule has 4 nitrogen and oxygen atoms in total. The number of rotatable bonds is 7. The highest BCUT2D eigenvalue weighted by atomic mass is 35.5. The molecule has 2 unspecified atom stereocenters. The summed E-state index contributed by atoms with van der Waals surface area (Å²) in [5.74, 6) is -0.555. The van der Waals surface area contributed by atoms with Crippen LogP contribution in [0.4, 0.5) is 4.39 Å². The van der Waals surface area contributed by atoms with Crippen molar-refractivity contribution in [2.45, 2.75) is 43.7 Å². The molecule has 2 aromatic carbocycles. The second-order valence-electron chi connectivity index (χ2n) is 7.60. The van der Waals surface area contributed by atoms with E-state index < -0.39 is 23.8 Å². The highest BCUT2D eigenvalue weighted by Crippen LogP contribution is 2.31. The van der Waals surface area contributed by atoms with Gasteiger partial charge in [0.05, 0.1) is 22.1 Å². The second kappa shape index (κ2) is 9.54. The SMILES string of the molecule is O=C(CC(F)N1CCC(O)(Cc2ccc(Cl)c(Cl)c2)CC1)C(O)c1ccccc1. The number of likely N-dealkylation sites (tertiary alicyclic amines) is 1. The Balaban J connectivity index is 1.52. The number of carbonyl (C=O) groups excluding carboxylic acids is 1. The molecule has 1 aliphatic rings. The van der Waals surface area contributed by atoms with Crippen LogP contribution in [0.3, 0.4) is 0 Å². The number of piperidine rings is 1. The van der Waals surface area contributed by atoms with E-state index in [1.165, 1.54) is 0 Å². The zero-order chi connectivity index (χ0) is 21.0. The Morgan fingerprint density at radius 1 is 1.10 bits per heavy atom. The van der Waals surface area contributed by atoms with Crippen molar-refractivity contribution in [3.63, 3.8) is 0 Å². The molecule has 1 aliphatic heterocycles. The van der Waals surface area contributed by atoms with Gasteiger partial charge in [-0.1, -0.05) is 59.6 Å². The Labute approximate surface area is 179 Å². The molecule has 1 fully saturated rings. The van der Waals surface area contributed by atoms with E-state index in [0.717, 1.165) is 5.56 Å². The number of benzene rings is 2. The number of hydrogen-bond donors (Lipinski definition) is 2. The van der Waals surface area contributed by atoms with Crippen molar-refractivity contribution >= 4 is 29.0 Å². The maximum absolute atomic E-state index is 14.7. The first-order valence-corrected chi connectivity index (χ1v) is 10.3. The van der Waals surface area contributed by atoms with Gasteiger partial charge in [-0.25, -0.2) is 4.39 Å². The van der Waals surface area contributed by atoms with Crippen molar-refractivity contribution in [2.24, 2.45) is 0 Å². The molecular weight excluding hydrogens is 416 g/mol. The van der Waals surface area contributed by atoms with E-state index in [1.54, 1.807) is 47.4 Å². The number of aliphatic hydroxyl groups excluding tert-OH is 1. The molecule has 2 atom stereocenters. The van der Waals surface area contributed by atoms with Crippen LogP contribution in [0.1, 0.15) is 36.5 Å². The van der Waals surface area contributed by atoms with E-state index in [9.17, 15) is 19.4 Å². The van der Waals surface area contributed by atoms with E-state index >= 15 is 0 Å². The molecular formula is C22H24Cl2FNO3. The lowest BCUT2D eigenvalue weighted by molar-refractivity contribution is -0.131. The van der Waals surface area contributed by atoms with E-state index in [2.05, 4.69) is 0 Å². The number of nitrogens with zero attached hydrogens (tertiary/aromatic N) is 1. The zero-order valence-electron chi connectivity index (χ0n) is 15.9. The van der Waals surface area contributed by atoms with Crippen molar-refractivity contribution in [3.8, 4) is 0 Å². The minimum Gasteiger partial charge on any atom is -0.389 e. The molecule has 0 radical (unpaired) electrons. The maximum atomic E-state index is 14.7. The molecule has 0 aliphatic carbocycles. The maximum Gasteiger partial charge on any atom is 0.170 e. The van der Waals surface area contributed by atoms with Crippen LogP contribution in [0, 0.1) is 0 Å². The monoisotopic (exact) mass is 439 g/mol. The number of hydrogen-bond acceptors (Lipinski definition) is 4. The summed E-state index contributed by atoms with van der Waals surface area (Å²) >= 11 is 12.0. The topological polar surface area (TPSA) is 60.8 Å². The van der Waals surface area contributed by atoms with E-state index in [1.807, 2.05) is 6.07 Å². The quantitative estimate of drug-likeness (QED) is 0.629. The summed E-state index contributed by atoms with van der Waals surface area (Å²) in [6.45, 7) is 0.654. The van der Waals surface area contributed by atoms with Crippen LogP contribution in [0.15, 0.2) is 48.5 Å². The Morgan fingerprint density at radius 2 is 1.76 bits per heavy atom. The first-order chi connectivity index (χ1) is 13.8. The van der Waals surface area contributed by atoms with Gasteiger partial charge in [0.25, 0.3) is 0 Å². The lowest BCUT2D eigenvalue weighted by Crippen LogP contribution is -2.48. The Bertz CT molecular complexity index is 841. The molecule has 29 heavy (non-hydrogen) atoms. The summed E-state index contributed by atoms with van der Waals surface area (Å²) in [6.07, 6.45) is -2.05. The van der Waals surface area contributed by atoms with Crippen molar-refractivity contribution in [1.29, 1.82) is 0 Å². The third-order valence-electron chi connectivity index (χ3n) is 5.43. The molecule has 7 heteroatoms. The fraction of sp³-hybridized carbons (Fsp3) is 0.409. The lowest BCUT2D eigenvalue weighted by Gasteiger charge is -2.39. The van der Waals surface area contributed by atoms with Gasteiger partial charge in [0, 0.05) is 19.5 Å². The summed E-state index contributed by atoms with van der Waals surface area (Å²) in [6, 6.07) is 13.7. The average Bonchev–Trinajstić information content (AvgIpc) is 2.71. The van der Waals surface area contributed by atoms with Crippen LogP contribution in [0.2, 0.25) is 10.0 Å². The predicted octanol–water partition coefficient (Wildman–Crippen LogP) is 4.35. The second-order valence-corrected chi connectivity index (χ2v) is 8.42. The van der Waals surface area contributed by atoms with E-state index in [4.69, 9.17) is 23.2 Å². The van der Waals surface area contributed by atoms with E-state index in [-0.39, 0.29) is 6.42 Å². The van der Waals surface area contributed by atoms with Crippen LogP contribution in [0.5, 0.6) is 0 Å². The smallest absolute Gasteiger partial charge is 0.170 e. The molecule has 0 amide bonds. The lowest BCUT2D eigenvalue weighted by atomic mass is 9.85. The first-order valence-electron chi connectivity index (χ1n) is 9.57. The molecule has 156 valence electrons. The summed E-state index contributed by atoms with van der Waals surface area (Å²) in [7, 11) is 0. The molecule has 3 rings (SSSR count). The van der Waals surface area contributed by atoms with Gasteiger partial charge in [0.15, 0.2) is 12.1 Å². The highest BCUT2D eigenvalue weighted by Gasteiger charge is 2.36. The van der Waals surface area contributed by atoms with Crippen LogP contribution >= 0.6 is 23.2 Å². The van der Waals surface area contributed by atoms with Gasteiger partial charge >= 0.3 is 0 Å². The molecule has 2 aromatic rings. The Morgan fingerprint density at radius 3 is 2.38 bits per heavy atom. The number of carbonyl (C=O) groups is 1. The van der Waals surface area contributed by atoms with Crippen molar-refractivity contribution < 1.29 is 19.4 Å². The van der Waals surface area contributed by atoms with Crippen molar-refractivity contribution in [1.82, 2.24) is 4.90 Å². The van der Waals surface area contributed by atoms with Gasteiger partial charge < -0.3 is 10.2 Å². The fourth-order valence-corrected chi connectivity index (χ4v) is 3.98. The van der Waals surface area contributed by atoms with Gasteiger partial charge in [0.1, 0.15) is 6.10 Å². The molecule has 0 bridgehead atoms. The molecule has 1 saturated heterocycles. The summed E-state index contributed by atoms with van der Waals surface area (Å²) in [5.41, 5.74) is 0.369. The summed E-state index contributed by atoms with van der Waals surface area (Å²) in [4.78, 5) is 13.8. The molecule has 2 N–H and O–H groups in total. The minimum absolute atomic E-state index is 0.327. The molecule has 1 heterocycles. The highest BCUT2D eigenvalue weighted by molar-refractivity contribution is 6.42. The van der Waals surface area contributed by atoms with Crippen LogP contribution in [-0.2, 0) is 11.2 Å². The van der Waals surface area contributed by atoms with Gasteiger partial charge in [0.2, 0.25) is 0 Å². The third-order valence-corrected chi connectivity index (χ3v) is 6.17. The average molecular weight is 440 g/mol. The number of alkyl halides is 1. The van der Waals surface area contributed by atoms with Gasteiger partial charge in [-0.2, -0.15) is 0 Å². The summed E-state index contributed by atoms with van der Waals surface area (Å²) in [5, 5.41) is 21.9. The molecule has 0 spiro atoms. The Kier molecular flexibility index (Phi) is 7.30. The largest absolute Gasteiger partial charge is 0.389 e. The van der Waals surface area contributed by atoms with E-state index in [0.29, 0.717) is 48.0 Å². The fourth-order valence-electron chi connectivity index (χ4n) is 3.65. The Hall–Kier alpha value is -1.50. The zero-order valence-corrected chi connectivity index (χ0v) is 17.4. The molecule has 0 saturated carbocycles. The predicted molar refractivity (Wildman–Crippen MR) is 112 cm³/mol. The van der Waals surface area contributed by atoms with Crippen molar-refractivity contribution in [2.75, 3.05) is 13.1 Å². The molecule has 0 aromatic heterocycles. The third kappa shape index (κ3) is 5.77. The number of halogens is 3.